The minimum absolute atomic E-state index is 0.0208. The number of hydrogen-bond acceptors (Lipinski definition) is 9. The lowest BCUT2D eigenvalue weighted by molar-refractivity contribution is -0.171. The Balaban J connectivity index is 1.57. The number of phenols is 1. The van der Waals surface area contributed by atoms with Crippen LogP contribution in [-0.2, 0) is 25.5 Å². The molecular formula is C38H44O9. The number of phenolic OH excluding ortho intramolecular Hbond substituents is 1. The zero-order valence-electron chi connectivity index (χ0n) is 28.4. The third kappa shape index (κ3) is 4.92. The number of allylic oxidation sites excluding steroid dienone is 4. The molecule has 2 fully saturated rings. The molecule has 9 heteroatoms. The maximum Gasteiger partial charge on any atom is 0.298 e. The minimum Gasteiger partial charge on any atom is -0.506 e. The van der Waals surface area contributed by atoms with Crippen molar-refractivity contribution < 1.29 is 43.5 Å². The number of ketones is 2. The van der Waals surface area contributed by atoms with Gasteiger partial charge >= 0.3 is 0 Å². The molecule has 5 atom stereocenters. The molecule has 1 saturated heterocycles. The second kappa shape index (κ2) is 10.8. The molecule has 0 amide bonds. The van der Waals surface area contributed by atoms with Gasteiger partial charge in [0.05, 0.1) is 16.8 Å². The van der Waals surface area contributed by atoms with E-state index in [0.29, 0.717) is 53.9 Å². The van der Waals surface area contributed by atoms with Gasteiger partial charge in [0.15, 0.2) is 22.8 Å². The number of carbonyl (C=O) groups is 3. The Morgan fingerprint density at radius 3 is 2.47 bits per heavy atom. The molecule has 3 unspecified atom stereocenters. The first-order valence-electron chi connectivity index (χ1n) is 16.2. The van der Waals surface area contributed by atoms with E-state index in [9.17, 15) is 24.6 Å². The first-order valence-corrected chi connectivity index (χ1v) is 16.2. The van der Waals surface area contributed by atoms with Crippen LogP contribution in [0.1, 0.15) is 96.1 Å². The van der Waals surface area contributed by atoms with Crippen molar-refractivity contribution in [3.05, 3.63) is 70.1 Å². The molecule has 1 aromatic carbocycles. The smallest absolute Gasteiger partial charge is 0.298 e. The van der Waals surface area contributed by atoms with E-state index in [-0.39, 0.29) is 35.2 Å². The summed E-state index contributed by atoms with van der Waals surface area (Å²) in [6.45, 7) is 15.0. The highest BCUT2D eigenvalue weighted by Gasteiger charge is 2.81. The summed E-state index contributed by atoms with van der Waals surface area (Å²) in [5.41, 5.74) is -3.39. The summed E-state index contributed by atoms with van der Waals surface area (Å²) in [5.74, 6) is -0.907. The molecule has 1 spiro atoms. The van der Waals surface area contributed by atoms with Crippen molar-refractivity contribution in [1.29, 1.82) is 0 Å². The highest BCUT2D eigenvalue weighted by atomic mass is 16.6. The standard InChI is InChI=1S/C38H44O9/c1-21(2)10-11-25-31-24(13-16-36(8,45-31)15-9-14-34(4,5)43)29(40)28-30(41)26-18-23-19-27-35(6,7)47-37(33(23)42,17-12-22(3)44-20-39)38(26,27)46-32(25)28/h9-10,12-14,16,18,20,23,27,40,43H,11,15,17,19H2,1-8H3/t23-,27?,36?,37+,38?/m0/s1. The molecule has 3 aliphatic carbocycles. The fourth-order valence-corrected chi connectivity index (χ4v) is 8.11. The van der Waals surface area contributed by atoms with Crippen LogP contribution in [0.25, 0.3) is 6.08 Å². The molecule has 250 valence electrons. The average Bonchev–Trinajstić information content (AvgIpc) is 3.12. The van der Waals surface area contributed by atoms with E-state index >= 15 is 0 Å². The molecule has 0 radical (unpaired) electrons. The van der Waals surface area contributed by atoms with Crippen LogP contribution in [0.5, 0.6) is 17.2 Å². The Hall–Kier alpha value is -3.95. The number of fused-ring (bicyclic) bond motifs is 2. The third-order valence-corrected chi connectivity index (χ3v) is 10.2. The van der Waals surface area contributed by atoms with E-state index < -0.39 is 39.7 Å². The monoisotopic (exact) mass is 644 g/mol. The molecule has 9 nitrogen and oxygen atoms in total. The predicted octanol–water partition coefficient (Wildman–Crippen LogP) is 6.26. The van der Waals surface area contributed by atoms with E-state index in [4.69, 9.17) is 18.9 Å². The summed E-state index contributed by atoms with van der Waals surface area (Å²) in [4.78, 5) is 40.1. The average molecular weight is 645 g/mol. The van der Waals surface area contributed by atoms with Gasteiger partial charge in [-0.15, -0.1) is 0 Å². The second-order valence-corrected chi connectivity index (χ2v) is 15.0. The lowest BCUT2D eigenvalue weighted by Crippen LogP contribution is -2.72. The van der Waals surface area contributed by atoms with Crippen LogP contribution in [-0.4, -0.2) is 56.3 Å². The Kier molecular flexibility index (Phi) is 7.57. The van der Waals surface area contributed by atoms with Crippen molar-refractivity contribution in [2.45, 2.75) is 109 Å². The van der Waals surface area contributed by atoms with Gasteiger partial charge in [-0.3, -0.25) is 14.4 Å². The molecule has 0 aromatic heterocycles. The van der Waals surface area contributed by atoms with Crippen molar-refractivity contribution in [1.82, 2.24) is 0 Å². The van der Waals surface area contributed by atoms with Crippen molar-refractivity contribution in [3.8, 4) is 17.2 Å². The van der Waals surface area contributed by atoms with Gasteiger partial charge in [-0.1, -0.05) is 29.9 Å². The lowest BCUT2D eigenvalue weighted by atomic mass is 9.51. The summed E-state index contributed by atoms with van der Waals surface area (Å²) >= 11 is 0. The van der Waals surface area contributed by atoms with Crippen molar-refractivity contribution in [2.75, 3.05) is 0 Å². The number of hydrogen-bond donors (Lipinski definition) is 2. The molecule has 6 aliphatic rings. The first kappa shape index (κ1) is 33.0. The fourth-order valence-electron chi connectivity index (χ4n) is 8.11. The topological polar surface area (TPSA) is 129 Å². The fraction of sp³-hybridized carbons (Fsp3) is 0.500. The third-order valence-electron chi connectivity index (χ3n) is 10.2. The molecular weight excluding hydrogens is 600 g/mol. The SMILES string of the molecule is CC(C)=CCc1c2c(c(O)c3c1OC14C(=C[C@H]5CC1C(C)(C)O[C@]4(CC=C(C)OC=O)C5=O)C3=O)C=CC(C)(CC=CC(C)(C)O)O2. The molecule has 47 heavy (non-hydrogen) atoms. The Morgan fingerprint density at radius 2 is 1.81 bits per heavy atom. The first-order chi connectivity index (χ1) is 21.9. The normalized spacial score (nSPS) is 31.4. The predicted molar refractivity (Wildman–Crippen MR) is 175 cm³/mol. The quantitative estimate of drug-likeness (QED) is 0.182. The molecule has 3 heterocycles. The van der Waals surface area contributed by atoms with Gasteiger partial charge in [0.25, 0.3) is 6.47 Å². The number of benzene rings is 1. The lowest BCUT2D eigenvalue weighted by Gasteiger charge is -2.56. The molecule has 1 aromatic rings. The number of ether oxygens (including phenoxy) is 4. The zero-order chi connectivity index (χ0) is 34.3. The molecule has 1 saturated carbocycles. The van der Waals surface area contributed by atoms with Gasteiger partial charge in [-0.25, -0.2) is 0 Å². The second-order valence-electron chi connectivity index (χ2n) is 15.0. The number of aromatic hydroxyl groups is 1. The summed E-state index contributed by atoms with van der Waals surface area (Å²) in [6, 6.07) is 0. The van der Waals surface area contributed by atoms with Gasteiger partial charge in [-0.2, -0.15) is 0 Å². The summed E-state index contributed by atoms with van der Waals surface area (Å²) < 4.78 is 25.6. The maximum absolute atomic E-state index is 14.7. The Bertz CT molecular complexity index is 1730. The van der Waals surface area contributed by atoms with Crippen LogP contribution in [0.15, 0.2) is 53.4 Å². The largest absolute Gasteiger partial charge is 0.506 e. The van der Waals surface area contributed by atoms with Crippen molar-refractivity contribution in [2.24, 2.45) is 11.8 Å². The van der Waals surface area contributed by atoms with E-state index in [1.807, 2.05) is 52.8 Å². The minimum atomic E-state index is -1.58. The highest BCUT2D eigenvalue weighted by Crippen LogP contribution is 2.68. The number of aliphatic hydroxyl groups is 1. The van der Waals surface area contributed by atoms with E-state index in [1.54, 1.807) is 45.1 Å². The van der Waals surface area contributed by atoms with Gasteiger partial charge < -0.3 is 29.2 Å². The maximum atomic E-state index is 14.7. The molecule has 7 rings (SSSR count). The van der Waals surface area contributed by atoms with Gasteiger partial charge in [0.1, 0.15) is 34.2 Å². The van der Waals surface area contributed by atoms with Gasteiger partial charge in [-0.05, 0) is 86.5 Å². The van der Waals surface area contributed by atoms with Crippen LogP contribution in [0, 0.1) is 11.8 Å². The Labute approximate surface area is 275 Å². The summed E-state index contributed by atoms with van der Waals surface area (Å²) in [5, 5.41) is 22.0. The van der Waals surface area contributed by atoms with Crippen LogP contribution < -0.4 is 9.47 Å². The van der Waals surface area contributed by atoms with Crippen molar-refractivity contribution in [3.63, 3.8) is 0 Å². The van der Waals surface area contributed by atoms with Crippen molar-refractivity contribution >= 4 is 24.1 Å². The summed E-state index contributed by atoms with van der Waals surface area (Å²) in [7, 11) is 0. The number of rotatable bonds is 9. The zero-order valence-corrected chi connectivity index (χ0v) is 28.4. The van der Waals surface area contributed by atoms with Gasteiger partial charge in [0, 0.05) is 35.8 Å². The number of Topliss-reactive ketones (excluding diaryl/α,β-unsaturated/α-hetero) is 2. The van der Waals surface area contributed by atoms with E-state index in [0.717, 1.165) is 5.57 Å². The highest BCUT2D eigenvalue weighted by molar-refractivity contribution is 6.19. The number of carbonyl (C=O) groups excluding carboxylic acids is 3. The van der Waals surface area contributed by atoms with Crippen LogP contribution in [0.4, 0.5) is 0 Å². The summed E-state index contributed by atoms with van der Waals surface area (Å²) in [6.07, 6.45) is 13.8. The van der Waals surface area contributed by atoms with E-state index in [2.05, 4.69) is 0 Å². The molecule has 2 N–H and O–H groups in total. The Morgan fingerprint density at radius 1 is 1.09 bits per heavy atom. The molecule has 4 bridgehead atoms. The van der Waals surface area contributed by atoms with Gasteiger partial charge in [0.2, 0.25) is 0 Å². The molecule has 3 aliphatic heterocycles. The van der Waals surface area contributed by atoms with Crippen LogP contribution in [0.3, 0.4) is 0 Å². The van der Waals surface area contributed by atoms with Crippen LogP contribution >= 0.6 is 0 Å². The van der Waals surface area contributed by atoms with Crippen LogP contribution in [0.2, 0.25) is 0 Å². The van der Waals surface area contributed by atoms with E-state index in [1.165, 1.54) is 0 Å².